The van der Waals surface area contributed by atoms with E-state index < -0.39 is 6.10 Å². The lowest BCUT2D eigenvalue weighted by Crippen LogP contribution is -2.00. The van der Waals surface area contributed by atoms with Crippen LogP contribution in [0.3, 0.4) is 0 Å². The Labute approximate surface area is 133 Å². The fourth-order valence-electron chi connectivity index (χ4n) is 2.63. The third kappa shape index (κ3) is 3.16. The number of aliphatic hydroxyl groups is 1. The fraction of sp³-hybridized carbons (Fsp3) is 0.412. The SMILES string of the molecule is COc1ccc(CC(O)c2ccc(C3CC3C)o2)cc1Br. The zero-order chi connectivity index (χ0) is 15.0. The second-order valence-corrected chi connectivity index (χ2v) is 6.60. The lowest BCUT2D eigenvalue weighted by Gasteiger charge is -2.10. The smallest absolute Gasteiger partial charge is 0.133 e. The minimum Gasteiger partial charge on any atom is -0.496 e. The summed E-state index contributed by atoms with van der Waals surface area (Å²) in [6, 6.07) is 9.71. The number of rotatable bonds is 5. The van der Waals surface area contributed by atoms with Crippen LogP contribution < -0.4 is 4.74 Å². The van der Waals surface area contributed by atoms with Crippen molar-refractivity contribution in [2.24, 2.45) is 5.92 Å². The highest BCUT2D eigenvalue weighted by Crippen LogP contribution is 2.47. The average Bonchev–Trinajstić information content (AvgIpc) is 3.00. The van der Waals surface area contributed by atoms with Crippen LogP contribution in [-0.4, -0.2) is 12.2 Å². The van der Waals surface area contributed by atoms with Gasteiger partial charge in [0.1, 0.15) is 23.4 Å². The molecular formula is C17H19BrO3. The second kappa shape index (κ2) is 5.85. The van der Waals surface area contributed by atoms with E-state index in [1.165, 1.54) is 6.42 Å². The van der Waals surface area contributed by atoms with E-state index in [-0.39, 0.29) is 0 Å². The fourth-order valence-corrected chi connectivity index (χ4v) is 3.21. The number of hydrogen-bond donors (Lipinski definition) is 1. The lowest BCUT2D eigenvalue weighted by molar-refractivity contribution is 0.148. The normalized spacial score (nSPS) is 22.1. The van der Waals surface area contributed by atoms with Crippen molar-refractivity contribution in [1.82, 2.24) is 0 Å². The summed E-state index contributed by atoms with van der Waals surface area (Å²) in [7, 11) is 1.64. The van der Waals surface area contributed by atoms with Gasteiger partial charge < -0.3 is 14.3 Å². The van der Waals surface area contributed by atoms with Gasteiger partial charge in [-0.2, -0.15) is 0 Å². The summed E-state index contributed by atoms with van der Waals surface area (Å²) in [4.78, 5) is 0. The van der Waals surface area contributed by atoms with E-state index in [1.54, 1.807) is 7.11 Å². The summed E-state index contributed by atoms with van der Waals surface area (Å²) in [5, 5.41) is 10.3. The van der Waals surface area contributed by atoms with E-state index in [0.29, 0.717) is 24.0 Å². The molecule has 0 amide bonds. The molecule has 0 bridgehead atoms. The standard InChI is InChI=1S/C17H19BrO3/c1-10-7-12(10)15-5-6-17(21-15)14(19)9-11-3-4-16(20-2)13(18)8-11/h3-6,8,10,12,14,19H,7,9H2,1-2H3. The van der Waals surface area contributed by atoms with Gasteiger partial charge in [0, 0.05) is 12.3 Å². The predicted molar refractivity (Wildman–Crippen MR) is 84.6 cm³/mol. The highest BCUT2D eigenvalue weighted by Gasteiger charge is 2.36. The van der Waals surface area contributed by atoms with E-state index in [2.05, 4.69) is 22.9 Å². The van der Waals surface area contributed by atoms with Crippen LogP contribution in [0.1, 0.15) is 42.5 Å². The summed E-state index contributed by atoms with van der Waals surface area (Å²) in [5.41, 5.74) is 1.04. The highest BCUT2D eigenvalue weighted by atomic mass is 79.9. The first-order valence-electron chi connectivity index (χ1n) is 7.18. The molecule has 1 aliphatic carbocycles. The number of halogens is 1. The summed E-state index contributed by atoms with van der Waals surface area (Å²) < 4.78 is 11.9. The van der Waals surface area contributed by atoms with Gasteiger partial charge in [-0.1, -0.05) is 13.0 Å². The number of aliphatic hydroxyl groups excluding tert-OH is 1. The Morgan fingerprint density at radius 1 is 1.38 bits per heavy atom. The molecular weight excluding hydrogens is 332 g/mol. The molecule has 3 atom stereocenters. The Kier molecular flexibility index (Phi) is 4.09. The summed E-state index contributed by atoms with van der Waals surface area (Å²) in [5.74, 6) is 3.69. The number of ether oxygens (including phenoxy) is 1. The van der Waals surface area contributed by atoms with Crippen LogP contribution in [0.5, 0.6) is 5.75 Å². The van der Waals surface area contributed by atoms with E-state index in [4.69, 9.17) is 9.15 Å². The third-order valence-corrected chi connectivity index (χ3v) is 4.72. The zero-order valence-electron chi connectivity index (χ0n) is 12.2. The molecule has 0 saturated heterocycles. The van der Waals surface area contributed by atoms with Crippen LogP contribution in [0.4, 0.5) is 0 Å². The van der Waals surface area contributed by atoms with Crippen LogP contribution >= 0.6 is 15.9 Å². The predicted octanol–water partition coefficient (Wildman–Crippen LogP) is 4.45. The number of methoxy groups -OCH3 is 1. The Bertz CT molecular complexity index is 635. The molecule has 112 valence electrons. The first kappa shape index (κ1) is 14.7. The van der Waals surface area contributed by atoms with Gasteiger partial charge in [0.2, 0.25) is 0 Å². The molecule has 1 aliphatic rings. The summed E-state index contributed by atoms with van der Waals surface area (Å²) in [6.07, 6.45) is 1.10. The average molecular weight is 351 g/mol. The summed E-state index contributed by atoms with van der Waals surface area (Å²) >= 11 is 3.46. The van der Waals surface area contributed by atoms with Crippen molar-refractivity contribution in [2.45, 2.75) is 31.8 Å². The van der Waals surface area contributed by atoms with E-state index in [0.717, 1.165) is 21.5 Å². The van der Waals surface area contributed by atoms with Gasteiger partial charge in [0.25, 0.3) is 0 Å². The molecule has 1 saturated carbocycles. The Balaban J connectivity index is 1.69. The first-order valence-corrected chi connectivity index (χ1v) is 7.98. The minimum absolute atomic E-state index is 0.524. The maximum absolute atomic E-state index is 10.3. The van der Waals surface area contributed by atoms with Gasteiger partial charge in [0.15, 0.2) is 0 Å². The van der Waals surface area contributed by atoms with Gasteiger partial charge in [-0.25, -0.2) is 0 Å². The van der Waals surface area contributed by atoms with Crippen molar-refractivity contribution in [3.63, 3.8) is 0 Å². The number of hydrogen-bond acceptors (Lipinski definition) is 3. The summed E-state index contributed by atoms with van der Waals surface area (Å²) in [6.45, 7) is 2.22. The molecule has 0 aliphatic heterocycles. The largest absolute Gasteiger partial charge is 0.496 e. The molecule has 1 N–H and O–H groups in total. The van der Waals surface area contributed by atoms with Crippen LogP contribution in [0, 0.1) is 5.92 Å². The van der Waals surface area contributed by atoms with Crippen LogP contribution in [0.2, 0.25) is 0 Å². The van der Waals surface area contributed by atoms with Crippen LogP contribution in [0.15, 0.2) is 39.2 Å². The Morgan fingerprint density at radius 2 is 2.14 bits per heavy atom. The number of benzene rings is 1. The van der Waals surface area contributed by atoms with Crippen molar-refractivity contribution < 1.29 is 14.3 Å². The van der Waals surface area contributed by atoms with Gasteiger partial charge in [-0.15, -0.1) is 0 Å². The van der Waals surface area contributed by atoms with Crippen molar-refractivity contribution >= 4 is 15.9 Å². The molecule has 0 radical (unpaired) electrons. The topological polar surface area (TPSA) is 42.6 Å². The molecule has 1 heterocycles. The quantitative estimate of drug-likeness (QED) is 0.865. The van der Waals surface area contributed by atoms with Crippen LogP contribution in [-0.2, 0) is 6.42 Å². The van der Waals surface area contributed by atoms with Gasteiger partial charge in [0.05, 0.1) is 11.6 Å². The van der Waals surface area contributed by atoms with E-state index >= 15 is 0 Å². The lowest BCUT2D eigenvalue weighted by atomic mass is 10.1. The molecule has 2 aromatic rings. The monoisotopic (exact) mass is 350 g/mol. The van der Waals surface area contributed by atoms with Gasteiger partial charge in [-0.3, -0.25) is 0 Å². The van der Waals surface area contributed by atoms with E-state index in [9.17, 15) is 5.11 Å². The molecule has 21 heavy (non-hydrogen) atoms. The Hall–Kier alpha value is -1.26. The highest BCUT2D eigenvalue weighted by molar-refractivity contribution is 9.10. The molecule has 0 spiro atoms. The first-order chi connectivity index (χ1) is 10.1. The number of furan rings is 1. The minimum atomic E-state index is -0.617. The molecule has 3 unspecified atom stereocenters. The molecule has 1 aromatic carbocycles. The van der Waals surface area contributed by atoms with Crippen LogP contribution in [0.25, 0.3) is 0 Å². The second-order valence-electron chi connectivity index (χ2n) is 5.75. The maximum Gasteiger partial charge on any atom is 0.133 e. The molecule has 3 nitrogen and oxygen atoms in total. The zero-order valence-corrected chi connectivity index (χ0v) is 13.8. The molecule has 1 aromatic heterocycles. The van der Waals surface area contributed by atoms with Crippen molar-refractivity contribution in [3.05, 3.63) is 51.9 Å². The van der Waals surface area contributed by atoms with Crippen molar-refractivity contribution in [3.8, 4) is 5.75 Å². The molecule has 4 heteroatoms. The van der Waals surface area contributed by atoms with Gasteiger partial charge >= 0.3 is 0 Å². The van der Waals surface area contributed by atoms with Gasteiger partial charge in [-0.05, 0) is 58.1 Å². The Morgan fingerprint density at radius 3 is 2.76 bits per heavy atom. The van der Waals surface area contributed by atoms with E-state index in [1.807, 2.05) is 30.3 Å². The van der Waals surface area contributed by atoms with Crippen molar-refractivity contribution in [2.75, 3.05) is 7.11 Å². The van der Waals surface area contributed by atoms with Crippen molar-refractivity contribution in [1.29, 1.82) is 0 Å². The maximum atomic E-state index is 10.3. The molecule has 3 rings (SSSR count). The third-order valence-electron chi connectivity index (χ3n) is 4.10. The molecule has 1 fully saturated rings.